The van der Waals surface area contributed by atoms with Crippen molar-refractivity contribution in [1.29, 1.82) is 0 Å². The fraction of sp³-hybridized carbons (Fsp3) is 0.368. The van der Waals surface area contributed by atoms with Gasteiger partial charge >= 0.3 is 0 Å². The molecule has 2 fully saturated rings. The van der Waals surface area contributed by atoms with E-state index in [0.29, 0.717) is 0 Å². The minimum atomic E-state index is 0.0351. The molecule has 0 bridgehead atoms. The van der Waals surface area contributed by atoms with E-state index in [0.717, 1.165) is 6.42 Å². The quantitative estimate of drug-likeness (QED) is 0.166. The third kappa shape index (κ3) is 5.42. The molecule has 310 valence electrons. The van der Waals surface area contributed by atoms with E-state index in [9.17, 15) is 0 Å². The summed E-state index contributed by atoms with van der Waals surface area (Å²) in [6.45, 7) is 10.2. The largest absolute Gasteiger partial charge is 0.378 e. The summed E-state index contributed by atoms with van der Waals surface area (Å²) >= 11 is 0. The van der Waals surface area contributed by atoms with E-state index in [-0.39, 0.29) is 21.9 Å². The number of anilines is 6. The summed E-state index contributed by atoms with van der Waals surface area (Å²) < 4.78 is 0. The van der Waals surface area contributed by atoms with Gasteiger partial charge in [0.25, 0.3) is 0 Å². The van der Waals surface area contributed by atoms with E-state index in [1.165, 1.54) is 141 Å². The summed E-state index contributed by atoms with van der Waals surface area (Å²) in [5, 5.41) is 0. The number of rotatable bonds is 6. The molecule has 4 unspecified atom stereocenters. The SMILES string of the molecule is CN(C)c1ccc(N2c3ccc(-c4ccc5c(c4)Cc4cc(-c6ccc7c(c6)C6(C)CCCCC6(C)N7c6ccc(N(C)C)cc6)ccc4-5)cc3C3(C)CCCCC23C)cc1. The first kappa shape index (κ1) is 38.4. The highest BCUT2D eigenvalue weighted by molar-refractivity contribution is 5.86. The standard InChI is InChI=1S/C57H62N4/c1-54-29-9-11-31-56(54,3)60(46-21-17-44(18-22-46)58(5)6)52-27-15-40(36-50(52)54)38-13-25-48-42(33-38)35-43-34-39(14-26-49(43)48)41-16-28-53-51(37-41)55(2)30-10-12-32-57(55,4)61(53)47-23-19-45(20-24-47)59(7)8/h13-28,33-34,36-37H,9-12,29-32,35H2,1-8H3. The molecule has 4 atom stereocenters. The van der Waals surface area contributed by atoms with Crippen molar-refractivity contribution in [2.75, 3.05) is 47.8 Å². The minimum absolute atomic E-state index is 0.0351. The van der Waals surface area contributed by atoms with Gasteiger partial charge in [0.05, 0.1) is 11.1 Å². The van der Waals surface area contributed by atoms with Gasteiger partial charge in [-0.1, -0.05) is 88.1 Å². The Kier molecular flexibility index (Phi) is 8.51. The van der Waals surface area contributed by atoms with E-state index >= 15 is 0 Å². The van der Waals surface area contributed by atoms with Gasteiger partial charge in [0, 0.05) is 73.1 Å². The lowest BCUT2D eigenvalue weighted by molar-refractivity contribution is 0.195. The van der Waals surface area contributed by atoms with E-state index in [1.54, 1.807) is 0 Å². The maximum Gasteiger partial charge on any atom is 0.0517 e. The lowest BCUT2D eigenvalue weighted by Crippen LogP contribution is -2.54. The molecule has 0 amide bonds. The van der Waals surface area contributed by atoms with Gasteiger partial charge in [-0.3, -0.25) is 0 Å². The maximum absolute atomic E-state index is 2.69. The van der Waals surface area contributed by atoms with Crippen molar-refractivity contribution in [3.8, 4) is 33.4 Å². The number of nitrogens with zero attached hydrogens (tertiary/aromatic N) is 4. The summed E-state index contributed by atoms with van der Waals surface area (Å²) in [7, 11) is 8.48. The van der Waals surface area contributed by atoms with Crippen LogP contribution in [-0.4, -0.2) is 39.3 Å². The highest BCUT2D eigenvalue weighted by atomic mass is 15.3. The molecule has 11 rings (SSSR count). The molecule has 6 aromatic rings. The molecular formula is C57H62N4. The zero-order valence-corrected chi connectivity index (χ0v) is 37.7. The third-order valence-corrected chi connectivity index (χ3v) is 17.0. The number of fused-ring (bicyclic) bond motifs is 9. The molecule has 2 saturated carbocycles. The molecule has 0 spiro atoms. The molecule has 0 radical (unpaired) electrons. The van der Waals surface area contributed by atoms with E-state index in [1.807, 2.05) is 0 Å². The molecule has 4 heteroatoms. The Bertz CT molecular complexity index is 2520. The molecule has 5 aliphatic rings. The average Bonchev–Trinajstić information content (AvgIpc) is 3.81. The first-order valence-electron chi connectivity index (χ1n) is 23.0. The Labute approximate surface area is 364 Å². The molecule has 2 heterocycles. The van der Waals surface area contributed by atoms with E-state index in [2.05, 4.69) is 197 Å². The second-order valence-corrected chi connectivity index (χ2v) is 20.5. The first-order valence-corrected chi connectivity index (χ1v) is 23.0. The molecule has 2 aliphatic heterocycles. The summed E-state index contributed by atoms with van der Waals surface area (Å²) in [6, 6.07) is 47.7. The molecule has 6 aromatic carbocycles. The van der Waals surface area contributed by atoms with Crippen LogP contribution < -0.4 is 19.6 Å². The van der Waals surface area contributed by atoms with Crippen molar-refractivity contribution < 1.29 is 0 Å². The average molecular weight is 803 g/mol. The van der Waals surface area contributed by atoms with Crippen molar-refractivity contribution in [3.63, 3.8) is 0 Å². The Morgan fingerprint density at radius 1 is 0.410 bits per heavy atom. The van der Waals surface area contributed by atoms with Crippen LogP contribution in [0.4, 0.5) is 34.1 Å². The van der Waals surface area contributed by atoms with Gasteiger partial charge in [-0.25, -0.2) is 0 Å². The van der Waals surface area contributed by atoms with E-state index < -0.39 is 0 Å². The molecule has 3 aliphatic carbocycles. The maximum atomic E-state index is 2.69. The lowest BCUT2D eigenvalue weighted by Gasteiger charge is -2.50. The smallest absolute Gasteiger partial charge is 0.0517 e. The molecule has 61 heavy (non-hydrogen) atoms. The van der Waals surface area contributed by atoms with Gasteiger partial charge < -0.3 is 19.6 Å². The summed E-state index contributed by atoms with van der Waals surface area (Å²) in [4.78, 5) is 9.76. The van der Waals surface area contributed by atoms with Crippen molar-refractivity contribution in [2.24, 2.45) is 0 Å². The zero-order valence-electron chi connectivity index (χ0n) is 37.7. The molecule has 4 nitrogen and oxygen atoms in total. The van der Waals surface area contributed by atoms with Gasteiger partial charge in [-0.2, -0.15) is 0 Å². The van der Waals surface area contributed by atoms with Crippen LogP contribution in [0.5, 0.6) is 0 Å². The van der Waals surface area contributed by atoms with Crippen molar-refractivity contribution in [3.05, 3.63) is 144 Å². The molecule has 0 aromatic heterocycles. The lowest BCUT2D eigenvalue weighted by atomic mass is 9.61. The van der Waals surface area contributed by atoms with Gasteiger partial charge in [-0.15, -0.1) is 0 Å². The Balaban J connectivity index is 0.908. The van der Waals surface area contributed by atoms with Gasteiger partial charge in [0.2, 0.25) is 0 Å². The Morgan fingerprint density at radius 2 is 0.770 bits per heavy atom. The number of hydrogen-bond donors (Lipinski definition) is 0. The van der Waals surface area contributed by atoms with Crippen LogP contribution in [-0.2, 0) is 17.3 Å². The molecular weight excluding hydrogens is 741 g/mol. The van der Waals surface area contributed by atoms with Crippen molar-refractivity contribution >= 4 is 34.1 Å². The third-order valence-electron chi connectivity index (χ3n) is 17.0. The first-order chi connectivity index (χ1) is 29.3. The van der Waals surface area contributed by atoms with Gasteiger partial charge in [0.1, 0.15) is 0 Å². The summed E-state index contributed by atoms with van der Waals surface area (Å²) in [6.07, 6.45) is 11.0. The van der Waals surface area contributed by atoms with Crippen LogP contribution in [0, 0.1) is 0 Å². The van der Waals surface area contributed by atoms with Crippen LogP contribution in [0.25, 0.3) is 33.4 Å². The zero-order chi connectivity index (χ0) is 42.1. The Morgan fingerprint density at radius 3 is 1.16 bits per heavy atom. The van der Waals surface area contributed by atoms with Crippen LogP contribution in [0.2, 0.25) is 0 Å². The predicted molar refractivity (Wildman–Crippen MR) is 260 cm³/mol. The summed E-state index contributed by atoms with van der Waals surface area (Å²) in [5.74, 6) is 0. The van der Waals surface area contributed by atoms with Crippen molar-refractivity contribution in [1.82, 2.24) is 0 Å². The van der Waals surface area contributed by atoms with Gasteiger partial charge in [-0.05, 0) is 174 Å². The highest BCUT2D eigenvalue weighted by Gasteiger charge is 2.59. The minimum Gasteiger partial charge on any atom is -0.378 e. The van der Waals surface area contributed by atoms with Crippen LogP contribution >= 0.6 is 0 Å². The molecule has 0 saturated heterocycles. The monoisotopic (exact) mass is 802 g/mol. The fourth-order valence-corrected chi connectivity index (χ4v) is 13.0. The Hall–Kier alpha value is -5.48. The molecule has 0 N–H and O–H groups in total. The van der Waals surface area contributed by atoms with Crippen LogP contribution in [0.1, 0.15) is 101 Å². The van der Waals surface area contributed by atoms with Crippen molar-refractivity contribution in [2.45, 2.75) is 107 Å². The number of hydrogen-bond acceptors (Lipinski definition) is 4. The second-order valence-electron chi connectivity index (χ2n) is 20.5. The number of benzene rings is 6. The fourth-order valence-electron chi connectivity index (χ4n) is 13.0. The highest BCUT2D eigenvalue weighted by Crippen LogP contribution is 2.63. The van der Waals surface area contributed by atoms with Gasteiger partial charge in [0.15, 0.2) is 0 Å². The van der Waals surface area contributed by atoms with Crippen LogP contribution in [0.15, 0.2) is 121 Å². The summed E-state index contributed by atoms with van der Waals surface area (Å²) in [5.41, 5.74) is 22.1. The predicted octanol–water partition coefficient (Wildman–Crippen LogP) is 14.2. The normalized spacial score (nSPS) is 25.6. The van der Waals surface area contributed by atoms with Crippen LogP contribution in [0.3, 0.4) is 0 Å². The topological polar surface area (TPSA) is 13.0 Å². The second kappa shape index (κ2) is 13.5. The van der Waals surface area contributed by atoms with E-state index in [4.69, 9.17) is 0 Å².